The third-order valence-electron chi connectivity index (χ3n) is 3.62. The van der Waals surface area contributed by atoms with Crippen LogP contribution >= 0.6 is 0 Å². The van der Waals surface area contributed by atoms with Gasteiger partial charge in [-0.2, -0.15) is 5.26 Å². The van der Waals surface area contributed by atoms with Gasteiger partial charge < -0.3 is 10.6 Å². The number of benzene rings is 2. The Bertz CT molecular complexity index is 987. The summed E-state index contributed by atoms with van der Waals surface area (Å²) in [6, 6.07) is 16.3. The number of aromatic nitrogens is 2. The first-order chi connectivity index (χ1) is 12.5. The molecule has 2 aromatic carbocycles. The van der Waals surface area contributed by atoms with Gasteiger partial charge in [-0.15, -0.1) is 0 Å². The van der Waals surface area contributed by atoms with Crippen LogP contribution in [0.5, 0.6) is 0 Å². The Kier molecular flexibility index (Phi) is 4.90. The van der Waals surface area contributed by atoms with E-state index in [2.05, 4.69) is 26.7 Å². The number of aryl methyl sites for hydroxylation is 2. The van der Waals surface area contributed by atoms with Gasteiger partial charge in [0.15, 0.2) is 0 Å². The minimum atomic E-state index is -0.369. The minimum absolute atomic E-state index is 0.231. The van der Waals surface area contributed by atoms with Crippen molar-refractivity contribution in [3.63, 3.8) is 0 Å². The van der Waals surface area contributed by atoms with Gasteiger partial charge >= 0.3 is 0 Å². The fourth-order valence-electron chi connectivity index (χ4n) is 2.58. The zero-order valence-electron chi connectivity index (χ0n) is 14.4. The van der Waals surface area contributed by atoms with Crippen LogP contribution in [0.1, 0.15) is 27.2 Å². The first-order valence-electron chi connectivity index (χ1n) is 8.03. The summed E-state index contributed by atoms with van der Waals surface area (Å²) in [4.78, 5) is 20.8. The molecule has 0 atom stereocenters. The van der Waals surface area contributed by atoms with Gasteiger partial charge in [0.1, 0.15) is 5.69 Å². The maximum Gasteiger partial charge on any atom is 0.274 e. The topological polar surface area (TPSA) is 90.7 Å². The monoisotopic (exact) mass is 343 g/mol. The number of amides is 1. The Morgan fingerprint density at radius 3 is 2.54 bits per heavy atom. The molecule has 6 nitrogen and oxygen atoms in total. The fourth-order valence-corrected chi connectivity index (χ4v) is 2.58. The molecule has 6 heteroatoms. The number of hydrogen-bond donors (Lipinski definition) is 2. The Morgan fingerprint density at radius 2 is 1.81 bits per heavy atom. The molecule has 0 radical (unpaired) electrons. The van der Waals surface area contributed by atoms with E-state index < -0.39 is 0 Å². The summed E-state index contributed by atoms with van der Waals surface area (Å²) in [7, 11) is 0. The summed E-state index contributed by atoms with van der Waals surface area (Å²) in [5, 5.41) is 14.8. The predicted octanol–water partition coefficient (Wildman–Crippen LogP) is 3.96. The first-order valence-corrected chi connectivity index (χ1v) is 8.03. The second-order valence-electron chi connectivity index (χ2n) is 5.91. The summed E-state index contributed by atoms with van der Waals surface area (Å²) >= 11 is 0. The van der Waals surface area contributed by atoms with Crippen molar-refractivity contribution < 1.29 is 4.79 Å². The van der Waals surface area contributed by atoms with E-state index in [1.165, 1.54) is 12.3 Å². The molecule has 0 aliphatic heterocycles. The second-order valence-corrected chi connectivity index (χ2v) is 5.91. The molecule has 26 heavy (non-hydrogen) atoms. The highest BCUT2D eigenvalue weighted by Crippen LogP contribution is 2.17. The highest BCUT2D eigenvalue weighted by Gasteiger charge is 2.10. The van der Waals surface area contributed by atoms with Crippen molar-refractivity contribution in [2.24, 2.45) is 0 Å². The molecule has 3 aromatic rings. The molecule has 0 unspecified atom stereocenters. The van der Waals surface area contributed by atoms with E-state index in [1.807, 2.05) is 32.0 Å². The van der Waals surface area contributed by atoms with E-state index in [0.717, 1.165) is 16.8 Å². The fraction of sp³-hybridized carbons (Fsp3) is 0.100. The molecule has 0 saturated carbocycles. The molecular formula is C20H17N5O. The average Bonchev–Trinajstić information content (AvgIpc) is 2.61. The first kappa shape index (κ1) is 17.1. The van der Waals surface area contributed by atoms with Gasteiger partial charge in [0.2, 0.25) is 5.95 Å². The van der Waals surface area contributed by atoms with Crippen LogP contribution in [-0.2, 0) is 0 Å². The van der Waals surface area contributed by atoms with Crippen molar-refractivity contribution in [2.75, 3.05) is 10.6 Å². The van der Waals surface area contributed by atoms with Gasteiger partial charge in [0.05, 0.1) is 11.6 Å². The number of nitrogens with one attached hydrogen (secondary N) is 2. The summed E-state index contributed by atoms with van der Waals surface area (Å²) in [5.74, 6) is -0.0283. The molecule has 128 valence electrons. The quantitative estimate of drug-likeness (QED) is 0.748. The van der Waals surface area contributed by atoms with E-state index in [0.29, 0.717) is 17.2 Å². The van der Waals surface area contributed by atoms with Crippen LogP contribution in [0.15, 0.2) is 54.7 Å². The lowest BCUT2D eigenvalue weighted by Crippen LogP contribution is -2.14. The van der Waals surface area contributed by atoms with Crippen LogP contribution in [-0.4, -0.2) is 15.9 Å². The van der Waals surface area contributed by atoms with Crippen molar-refractivity contribution in [1.82, 2.24) is 9.97 Å². The standard InChI is InChI=1S/C20H17N5O/c1-13-8-14(2)10-17(9-13)24-20-22-7-6-18(25-20)19(26)23-16-5-3-4-15(11-16)12-21/h3-11H,1-2H3,(H,23,26)(H,22,24,25). The number of hydrogen-bond acceptors (Lipinski definition) is 5. The molecule has 1 heterocycles. The van der Waals surface area contributed by atoms with E-state index in [-0.39, 0.29) is 11.6 Å². The molecule has 0 bridgehead atoms. The largest absolute Gasteiger partial charge is 0.324 e. The van der Waals surface area contributed by atoms with Gasteiger partial charge in [0.25, 0.3) is 5.91 Å². The molecule has 0 spiro atoms. The summed E-state index contributed by atoms with van der Waals surface area (Å²) in [6.45, 7) is 4.02. The summed E-state index contributed by atoms with van der Waals surface area (Å²) in [5.41, 5.74) is 4.35. The van der Waals surface area contributed by atoms with Crippen LogP contribution in [0.3, 0.4) is 0 Å². The molecule has 1 aromatic heterocycles. The predicted molar refractivity (Wildman–Crippen MR) is 100 cm³/mol. The van der Waals surface area contributed by atoms with Crippen LogP contribution in [0.2, 0.25) is 0 Å². The minimum Gasteiger partial charge on any atom is -0.324 e. The maximum absolute atomic E-state index is 12.4. The van der Waals surface area contributed by atoms with Gasteiger partial charge in [-0.3, -0.25) is 4.79 Å². The summed E-state index contributed by atoms with van der Waals surface area (Å²) < 4.78 is 0. The third-order valence-corrected chi connectivity index (χ3v) is 3.62. The number of carbonyl (C=O) groups is 1. The highest BCUT2D eigenvalue weighted by molar-refractivity contribution is 6.03. The highest BCUT2D eigenvalue weighted by atomic mass is 16.1. The van der Waals surface area contributed by atoms with Crippen LogP contribution in [0.4, 0.5) is 17.3 Å². The van der Waals surface area contributed by atoms with Gasteiger partial charge in [-0.25, -0.2) is 9.97 Å². The normalized spacial score (nSPS) is 10.0. The number of rotatable bonds is 4. The van der Waals surface area contributed by atoms with Crippen LogP contribution in [0, 0.1) is 25.2 Å². The third kappa shape index (κ3) is 4.22. The van der Waals surface area contributed by atoms with Gasteiger partial charge in [-0.1, -0.05) is 12.1 Å². The maximum atomic E-state index is 12.4. The van der Waals surface area contributed by atoms with Crippen molar-refractivity contribution in [2.45, 2.75) is 13.8 Å². The smallest absolute Gasteiger partial charge is 0.274 e. The van der Waals surface area contributed by atoms with Crippen molar-refractivity contribution in [1.29, 1.82) is 5.26 Å². The molecule has 3 rings (SSSR count). The number of carbonyl (C=O) groups excluding carboxylic acids is 1. The van der Waals surface area contributed by atoms with Crippen molar-refractivity contribution in [3.8, 4) is 6.07 Å². The van der Waals surface area contributed by atoms with E-state index >= 15 is 0 Å². The SMILES string of the molecule is Cc1cc(C)cc(Nc2nccc(C(=O)Nc3cccc(C#N)c3)n2)c1. The Morgan fingerprint density at radius 1 is 1.04 bits per heavy atom. The Labute approximate surface area is 151 Å². The van der Waals surface area contributed by atoms with Crippen molar-refractivity contribution in [3.05, 3.63) is 77.1 Å². The summed E-state index contributed by atoms with van der Waals surface area (Å²) in [6.07, 6.45) is 1.53. The number of nitriles is 1. The molecule has 0 saturated heterocycles. The van der Waals surface area contributed by atoms with Gasteiger partial charge in [0, 0.05) is 17.6 Å². The van der Waals surface area contributed by atoms with Crippen molar-refractivity contribution >= 4 is 23.2 Å². The second kappa shape index (κ2) is 7.45. The lowest BCUT2D eigenvalue weighted by Gasteiger charge is -2.09. The van der Waals surface area contributed by atoms with Crippen LogP contribution < -0.4 is 10.6 Å². The molecule has 1 amide bonds. The zero-order valence-corrected chi connectivity index (χ0v) is 14.4. The van der Waals surface area contributed by atoms with E-state index in [1.54, 1.807) is 24.3 Å². The molecule has 0 aliphatic rings. The Hall–Kier alpha value is -3.72. The van der Waals surface area contributed by atoms with Gasteiger partial charge in [-0.05, 0) is 61.4 Å². The Balaban J connectivity index is 1.78. The number of anilines is 3. The number of nitrogens with zero attached hydrogens (tertiary/aromatic N) is 3. The molecular weight excluding hydrogens is 326 g/mol. The zero-order chi connectivity index (χ0) is 18.5. The lowest BCUT2D eigenvalue weighted by atomic mass is 10.1. The average molecular weight is 343 g/mol. The van der Waals surface area contributed by atoms with E-state index in [4.69, 9.17) is 5.26 Å². The van der Waals surface area contributed by atoms with E-state index in [9.17, 15) is 4.79 Å². The molecule has 2 N–H and O–H groups in total. The molecule has 0 fully saturated rings. The van der Waals surface area contributed by atoms with Crippen LogP contribution in [0.25, 0.3) is 0 Å². The lowest BCUT2D eigenvalue weighted by molar-refractivity contribution is 0.102. The molecule has 0 aliphatic carbocycles.